The highest BCUT2D eigenvalue weighted by Gasteiger charge is 2.31. The molecule has 4 nitrogen and oxygen atoms in total. The summed E-state index contributed by atoms with van der Waals surface area (Å²) in [4.78, 5) is 4.28. The molecule has 0 spiro atoms. The second kappa shape index (κ2) is 6.93. The first-order valence-electron chi connectivity index (χ1n) is 7.62. The largest absolute Gasteiger partial charge is 0.473 e. The van der Waals surface area contributed by atoms with Gasteiger partial charge in [0, 0.05) is 18.2 Å². The normalized spacial score (nSPS) is 18.0. The van der Waals surface area contributed by atoms with Crippen molar-refractivity contribution in [3.05, 3.63) is 18.3 Å². The Morgan fingerprint density at radius 2 is 2.10 bits per heavy atom. The van der Waals surface area contributed by atoms with Gasteiger partial charge >= 0.3 is 0 Å². The Hall–Kier alpha value is -1.29. The molecule has 0 saturated heterocycles. The Balaban J connectivity index is 2.02. The molecular weight excluding hydrogens is 252 g/mol. The van der Waals surface area contributed by atoms with E-state index in [1.54, 1.807) is 6.20 Å². The van der Waals surface area contributed by atoms with Crippen LogP contribution in [0.25, 0.3) is 0 Å². The minimum Gasteiger partial charge on any atom is -0.473 e. The van der Waals surface area contributed by atoms with Crippen molar-refractivity contribution in [2.24, 2.45) is 5.41 Å². The molecule has 2 rings (SSSR count). The first-order valence-corrected chi connectivity index (χ1v) is 7.62. The van der Waals surface area contributed by atoms with Gasteiger partial charge in [0.05, 0.1) is 18.4 Å². The van der Waals surface area contributed by atoms with Crippen molar-refractivity contribution in [1.82, 2.24) is 4.98 Å². The smallest absolute Gasteiger partial charge is 0.237 e. The van der Waals surface area contributed by atoms with Gasteiger partial charge in [-0.05, 0) is 38.8 Å². The standard InChI is InChI=1S/C16H26N2O2/c1-13(2)20-15-14(7-6-10-17-15)18-11-16(12-19)8-4-3-5-9-16/h6-7,10,13,18-19H,3-5,8-9,11-12H2,1-2H3. The van der Waals surface area contributed by atoms with Gasteiger partial charge in [0.2, 0.25) is 5.88 Å². The van der Waals surface area contributed by atoms with Gasteiger partial charge in [-0.3, -0.25) is 0 Å². The molecule has 0 amide bonds. The topological polar surface area (TPSA) is 54.4 Å². The first-order chi connectivity index (χ1) is 9.65. The van der Waals surface area contributed by atoms with Crippen molar-refractivity contribution in [2.45, 2.75) is 52.1 Å². The van der Waals surface area contributed by atoms with Gasteiger partial charge < -0.3 is 15.2 Å². The van der Waals surface area contributed by atoms with Crippen LogP contribution in [0, 0.1) is 5.41 Å². The fourth-order valence-electron chi connectivity index (χ4n) is 2.82. The Morgan fingerprint density at radius 3 is 2.75 bits per heavy atom. The SMILES string of the molecule is CC(C)Oc1ncccc1NCC1(CO)CCCCC1. The van der Waals surface area contributed by atoms with Gasteiger partial charge in [-0.2, -0.15) is 0 Å². The zero-order chi connectivity index (χ0) is 14.4. The summed E-state index contributed by atoms with van der Waals surface area (Å²) in [5.41, 5.74) is 0.933. The van der Waals surface area contributed by atoms with E-state index in [9.17, 15) is 5.11 Å². The van der Waals surface area contributed by atoms with Gasteiger partial charge in [-0.25, -0.2) is 4.98 Å². The molecular formula is C16H26N2O2. The fourth-order valence-corrected chi connectivity index (χ4v) is 2.82. The molecule has 4 heteroatoms. The van der Waals surface area contributed by atoms with Crippen molar-refractivity contribution in [1.29, 1.82) is 0 Å². The summed E-state index contributed by atoms with van der Waals surface area (Å²) >= 11 is 0. The van der Waals surface area contributed by atoms with Crippen molar-refractivity contribution < 1.29 is 9.84 Å². The fraction of sp³-hybridized carbons (Fsp3) is 0.688. The highest BCUT2D eigenvalue weighted by molar-refractivity contribution is 5.52. The molecule has 0 aliphatic heterocycles. The maximum absolute atomic E-state index is 9.75. The number of rotatable bonds is 6. The van der Waals surface area contributed by atoms with Crippen LogP contribution in [-0.4, -0.2) is 29.3 Å². The minimum absolute atomic E-state index is 0.0171. The number of pyridine rings is 1. The molecule has 2 N–H and O–H groups in total. The average Bonchev–Trinajstić information content (AvgIpc) is 2.47. The zero-order valence-corrected chi connectivity index (χ0v) is 12.6. The van der Waals surface area contributed by atoms with Crippen LogP contribution in [0.4, 0.5) is 5.69 Å². The zero-order valence-electron chi connectivity index (χ0n) is 12.6. The molecule has 1 aromatic heterocycles. The second-order valence-corrected chi connectivity index (χ2v) is 6.10. The predicted octanol–water partition coefficient (Wildman–Crippen LogP) is 3.22. The van der Waals surface area contributed by atoms with Crippen LogP contribution in [0.1, 0.15) is 46.0 Å². The maximum atomic E-state index is 9.75. The summed E-state index contributed by atoms with van der Waals surface area (Å²) in [5.74, 6) is 0.645. The van der Waals surface area contributed by atoms with E-state index in [1.165, 1.54) is 19.3 Å². The number of nitrogens with zero attached hydrogens (tertiary/aromatic N) is 1. The van der Waals surface area contributed by atoms with E-state index in [1.807, 2.05) is 26.0 Å². The molecule has 1 aliphatic carbocycles. The van der Waals surface area contributed by atoms with Gasteiger partial charge in [0.15, 0.2) is 0 Å². The molecule has 1 aliphatic rings. The molecule has 112 valence electrons. The Labute approximate surface area is 121 Å². The molecule has 1 saturated carbocycles. The van der Waals surface area contributed by atoms with Crippen LogP contribution >= 0.6 is 0 Å². The summed E-state index contributed by atoms with van der Waals surface area (Å²) in [6.07, 6.45) is 7.75. The third-order valence-electron chi connectivity index (χ3n) is 4.02. The van der Waals surface area contributed by atoms with Crippen LogP contribution < -0.4 is 10.1 Å². The van der Waals surface area contributed by atoms with Gasteiger partial charge in [0.25, 0.3) is 0 Å². The van der Waals surface area contributed by atoms with Crippen LogP contribution in [0.3, 0.4) is 0 Å². The van der Waals surface area contributed by atoms with E-state index >= 15 is 0 Å². The first kappa shape index (κ1) is 15.1. The summed E-state index contributed by atoms with van der Waals surface area (Å²) in [6, 6.07) is 3.89. The summed E-state index contributed by atoms with van der Waals surface area (Å²) in [6.45, 7) is 5.02. The molecule has 20 heavy (non-hydrogen) atoms. The number of hydrogen-bond acceptors (Lipinski definition) is 4. The van der Waals surface area contributed by atoms with E-state index < -0.39 is 0 Å². The summed E-state index contributed by atoms with van der Waals surface area (Å²) in [5, 5.41) is 13.2. The number of anilines is 1. The molecule has 0 atom stereocenters. The Bertz CT molecular complexity index is 415. The van der Waals surface area contributed by atoms with Crippen molar-refractivity contribution >= 4 is 5.69 Å². The van der Waals surface area contributed by atoms with E-state index in [0.29, 0.717) is 5.88 Å². The van der Waals surface area contributed by atoms with Crippen molar-refractivity contribution in [2.75, 3.05) is 18.5 Å². The highest BCUT2D eigenvalue weighted by atomic mass is 16.5. The molecule has 0 aromatic carbocycles. The van der Waals surface area contributed by atoms with Gasteiger partial charge in [-0.15, -0.1) is 0 Å². The van der Waals surface area contributed by atoms with E-state index in [-0.39, 0.29) is 18.1 Å². The number of aromatic nitrogens is 1. The minimum atomic E-state index is 0.0171. The van der Waals surface area contributed by atoms with E-state index in [2.05, 4.69) is 10.3 Å². The van der Waals surface area contributed by atoms with E-state index in [0.717, 1.165) is 25.1 Å². The van der Waals surface area contributed by atoms with Crippen molar-refractivity contribution in [3.63, 3.8) is 0 Å². The number of hydrogen-bond donors (Lipinski definition) is 2. The van der Waals surface area contributed by atoms with Crippen LogP contribution in [0.15, 0.2) is 18.3 Å². The summed E-state index contributed by atoms with van der Waals surface area (Å²) < 4.78 is 5.72. The molecule has 0 unspecified atom stereocenters. The lowest BCUT2D eigenvalue weighted by Crippen LogP contribution is -2.35. The third-order valence-corrected chi connectivity index (χ3v) is 4.02. The number of aliphatic hydroxyl groups excluding tert-OH is 1. The van der Waals surface area contributed by atoms with Gasteiger partial charge in [0.1, 0.15) is 0 Å². The van der Waals surface area contributed by atoms with E-state index in [4.69, 9.17) is 4.74 Å². The molecule has 0 radical (unpaired) electrons. The lowest BCUT2D eigenvalue weighted by atomic mass is 9.74. The predicted molar refractivity (Wildman–Crippen MR) is 81.1 cm³/mol. The van der Waals surface area contributed by atoms with Crippen LogP contribution in [0.2, 0.25) is 0 Å². The summed E-state index contributed by atoms with van der Waals surface area (Å²) in [7, 11) is 0. The quantitative estimate of drug-likeness (QED) is 0.839. The molecule has 0 bridgehead atoms. The van der Waals surface area contributed by atoms with Crippen LogP contribution in [-0.2, 0) is 0 Å². The Kier molecular flexibility index (Phi) is 5.24. The number of aliphatic hydroxyl groups is 1. The lowest BCUT2D eigenvalue weighted by Gasteiger charge is -2.36. The van der Waals surface area contributed by atoms with Crippen molar-refractivity contribution in [3.8, 4) is 5.88 Å². The molecule has 1 aromatic rings. The Morgan fingerprint density at radius 1 is 1.35 bits per heavy atom. The number of nitrogens with one attached hydrogen (secondary N) is 1. The number of ether oxygens (including phenoxy) is 1. The average molecular weight is 278 g/mol. The highest BCUT2D eigenvalue weighted by Crippen LogP contribution is 2.36. The lowest BCUT2D eigenvalue weighted by molar-refractivity contribution is 0.0942. The second-order valence-electron chi connectivity index (χ2n) is 6.10. The monoisotopic (exact) mass is 278 g/mol. The molecule has 1 fully saturated rings. The molecule has 1 heterocycles. The third kappa shape index (κ3) is 3.85. The van der Waals surface area contributed by atoms with Gasteiger partial charge in [-0.1, -0.05) is 19.3 Å². The van der Waals surface area contributed by atoms with Crippen LogP contribution in [0.5, 0.6) is 5.88 Å². The maximum Gasteiger partial charge on any atom is 0.237 e.